The smallest absolute Gasteiger partial charge is 0.235 e. The van der Waals surface area contributed by atoms with E-state index >= 15 is 0 Å². The predicted molar refractivity (Wildman–Crippen MR) is 123 cm³/mol. The third kappa shape index (κ3) is 5.35. The van der Waals surface area contributed by atoms with Gasteiger partial charge >= 0.3 is 0 Å². The Labute approximate surface area is 183 Å². The van der Waals surface area contributed by atoms with Crippen molar-refractivity contribution >= 4 is 18.0 Å². The molecule has 1 aromatic heterocycles. The largest absolute Gasteiger partial charge is 0.494 e. The van der Waals surface area contributed by atoms with Crippen LogP contribution in [0.25, 0.3) is 12.2 Å². The molecule has 3 aromatic rings. The quantitative estimate of drug-likeness (QED) is 0.506. The van der Waals surface area contributed by atoms with Crippen molar-refractivity contribution < 1.29 is 9.15 Å². The van der Waals surface area contributed by atoms with Crippen LogP contribution in [-0.4, -0.2) is 24.7 Å². The van der Waals surface area contributed by atoms with Gasteiger partial charge in [0.05, 0.1) is 6.61 Å². The van der Waals surface area contributed by atoms with Crippen molar-refractivity contribution in [2.75, 3.05) is 24.6 Å². The molecule has 1 aliphatic rings. The lowest BCUT2D eigenvalue weighted by molar-refractivity contribution is 0.340. The van der Waals surface area contributed by atoms with Crippen LogP contribution in [0.15, 0.2) is 59.0 Å². The Bertz CT molecular complexity index is 1040. The van der Waals surface area contributed by atoms with Crippen LogP contribution in [0.4, 0.5) is 5.88 Å². The molecule has 1 saturated heterocycles. The molecule has 31 heavy (non-hydrogen) atoms. The van der Waals surface area contributed by atoms with E-state index in [9.17, 15) is 5.26 Å². The Morgan fingerprint density at radius 3 is 2.52 bits per heavy atom. The fraction of sp³-hybridized carbons (Fsp3) is 0.308. The van der Waals surface area contributed by atoms with Gasteiger partial charge in [-0.1, -0.05) is 42.5 Å². The summed E-state index contributed by atoms with van der Waals surface area (Å²) >= 11 is 0. The molecule has 5 heteroatoms. The Morgan fingerprint density at radius 1 is 1.10 bits per heavy atom. The van der Waals surface area contributed by atoms with Crippen molar-refractivity contribution in [3.05, 3.63) is 77.3 Å². The van der Waals surface area contributed by atoms with E-state index in [1.807, 2.05) is 43.3 Å². The highest BCUT2D eigenvalue weighted by Crippen LogP contribution is 2.29. The van der Waals surface area contributed by atoms with E-state index in [2.05, 4.69) is 46.3 Å². The van der Waals surface area contributed by atoms with Gasteiger partial charge in [-0.15, -0.1) is 0 Å². The van der Waals surface area contributed by atoms with E-state index in [0.717, 1.165) is 43.7 Å². The summed E-state index contributed by atoms with van der Waals surface area (Å²) in [6.45, 7) is 4.37. The van der Waals surface area contributed by atoms with Gasteiger partial charge in [0.25, 0.3) is 0 Å². The molecule has 5 nitrogen and oxygen atoms in total. The second-order valence-electron chi connectivity index (χ2n) is 7.77. The zero-order valence-corrected chi connectivity index (χ0v) is 17.8. The number of anilines is 1. The number of nitriles is 1. The third-order valence-corrected chi connectivity index (χ3v) is 5.61. The van der Waals surface area contributed by atoms with Crippen molar-refractivity contribution in [2.24, 2.45) is 5.92 Å². The first-order valence-corrected chi connectivity index (χ1v) is 10.9. The molecule has 1 aliphatic heterocycles. The van der Waals surface area contributed by atoms with E-state index in [0.29, 0.717) is 30.0 Å². The van der Waals surface area contributed by atoms with Crippen molar-refractivity contribution in [1.82, 2.24) is 4.98 Å². The predicted octanol–water partition coefficient (Wildman–Crippen LogP) is 5.57. The van der Waals surface area contributed by atoms with Crippen LogP contribution >= 0.6 is 0 Å². The lowest BCUT2D eigenvalue weighted by atomic mass is 9.90. The van der Waals surface area contributed by atoms with Gasteiger partial charge in [0.1, 0.15) is 11.8 Å². The molecule has 0 atom stereocenters. The van der Waals surface area contributed by atoms with E-state index in [-0.39, 0.29) is 0 Å². The average molecular weight is 414 g/mol. The summed E-state index contributed by atoms with van der Waals surface area (Å²) < 4.78 is 11.4. The molecule has 0 unspecified atom stereocenters. The monoisotopic (exact) mass is 413 g/mol. The van der Waals surface area contributed by atoms with Crippen molar-refractivity contribution in [3.8, 4) is 11.8 Å². The van der Waals surface area contributed by atoms with Gasteiger partial charge in [-0.3, -0.25) is 0 Å². The minimum Gasteiger partial charge on any atom is -0.494 e. The first kappa shape index (κ1) is 20.7. The Kier molecular flexibility index (Phi) is 6.68. The lowest BCUT2D eigenvalue weighted by Gasteiger charge is -2.31. The number of benzene rings is 2. The standard InChI is InChI=1S/C26H27N3O2/c1-2-30-23-11-8-20(9-12-23)10-13-25-28-24(19-27)26(31-25)29-16-14-22(15-17-29)18-21-6-4-3-5-7-21/h3-13,22H,2,14-18H2,1H3. The van der Waals surface area contributed by atoms with Gasteiger partial charge in [0.2, 0.25) is 17.5 Å². The second kappa shape index (κ2) is 9.99. The molecule has 2 aromatic carbocycles. The second-order valence-corrected chi connectivity index (χ2v) is 7.77. The van der Waals surface area contributed by atoms with E-state index in [1.54, 1.807) is 0 Å². The molecule has 0 amide bonds. The SMILES string of the molecule is CCOc1ccc(C=Cc2nc(C#N)c(N3CCC(Cc4ccccc4)CC3)o2)cc1. The molecule has 2 heterocycles. The Balaban J connectivity index is 1.39. The number of oxazole rings is 1. The van der Waals surface area contributed by atoms with Crippen LogP contribution in [0.2, 0.25) is 0 Å². The first-order chi connectivity index (χ1) is 15.2. The molecule has 0 radical (unpaired) electrons. The van der Waals surface area contributed by atoms with Crippen molar-refractivity contribution in [1.29, 1.82) is 5.26 Å². The zero-order valence-electron chi connectivity index (χ0n) is 17.8. The van der Waals surface area contributed by atoms with Gasteiger partial charge in [0.15, 0.2) is 0 Å². The number of rotatable bonds is 7. The maximum atomic E-state index is 9.54. The highest BCUT2D eigenvalue weighted by atomic mass is 16.5. The molecule has 0 saturated carbocycles. The van der Waals surface area contributed by atoms with Crippen molar-refractivity contribution in [2.45, 2.75) is 26.2 Å². The summed E-state index contributed by atoms with van der Waals surface area (Å²) in [5.41, 5.74) is 2.76. The molecule has 0 spiro atoms. The fourth-order valence-corrected chi connectivity index (χ4v) is 3.98. The van der Waals surface area contributed by atoms with Crippen LogP contribution < -0.4 is 9.64 Å². The van der Waals surface area contributed by atoms with Gasteiger partial charge in [-0.25, -0.2) is 0 Å². The summed E-state index contributed by atoms with van der Waals surface area (Å²) in [6.07, 6.45) is 7.00. The van der Waals surface area contributed by atoms with Crippen molar-refractivity contribution in [3.63, 3.8) is 0 Å². The number of hydrogen-bond acceptors (Lipinski definition) is 5. The average Bonchev–Trinajstić information content (AvgIpc) is 3.23. The fourth-order valence-electron chi connectivity index (χ4n) is 3.98. The molecular formula is C26H27N3O2. The van der Waals surface area contributed by atoms with E-state index in [4.69, 9.17) is 9.15 Å². The van der Waals surface area contributed by atoms with Gasteiger partial charge in [-0.2, -0.15) is 10.2 Å². The molecule has 0 N–H and O–H groups in total. The highest BCUT2D eigenvalue weighted by Gasteiger charge is 2.25. The Morgan fingerprint density at radius 2 is 1.84 bits per heavy atom. The third-order valence-electron chi connectivity index (χ3n) is 5.61. The van der Waals surface area contributed by atoms with Crippen LogP contribution in [-0.2, 0) is 6.42 Å². The van der Waals surface area contributed by atoms with Crippen LogP contribution in [0.1, 0.15) is 42.5 Å². The number of aromatic nitrogens is 1. The van der Waals surface area contributed by atoms with E-state index < -0.39 is 0 Å². The lowest BCUT2D eigenvalue weighted by Crippen LogP contribution is -2.34. The van der Waals surface area contributed by atoms with Crippen LogP contribution in [0.3, 0.4) is 0 Å². The number of ether oxygens (including phenoxy) is 1. The molecule has 0 aliphatic carbocycles. The highest BCUT2D eigenvalue weighted by molar-refractivity contribution is 5.67. The van der Waals surface area contributed by atoms with Gasteiger partial charge in [-0.05, 0) is 61.4 Å². The molecule has 0 bridgehead atoms. The normalized spacial score (nSPS) is 14.6. The molecular weight excluding hydrogens is 386 g/mol. The summed E-state index contributed by atoms with van der Waals surface area (Å²) in [7, 11) is 0. The maximum absolute atomic E-state index is 9.54. The first-order valence-electron chi connectivity index (χ1n) is 10.9. The summed E-state index contributed by atoms with van der Waals surface area (Å²) in [6, 6.07) is 20.7. The minimum atomic E-state index is 0.354. The maximum Gasteiger partial charge on any atom is 0.235 e. The summed E-state index contributed by atoms with van der Waals surface area (Å²) in [5, 5.41) is 9.54. The van der Waals surface area contributed by atoms with Crippen LogP contribution in [0, 0.1) is 17.2 Å². The summed E-state index contributed by atoms with van der Waals surface area (Å²) in [4.78, 5) is 6.53. The Hall–Kier alpha value is -3.52. The summed E-state index contributed by atoms with van der Waals surface area (Å²) in [5.74, 6) is 2.55. The number of nitrogens with zero attached hydrogens (tertiary/aromatic N) is 3. The van der Waals surface area contributed by atoms with E-state index in [1.165, 1.54) is 5.56 Å². The van der Waals surface area contributed by atoms with Gasteiger partial charge in [0, 0.05) is 19.2 Å². The number of hydrogen-bond donors (Lipinski definition) is 0. The zero-order chi connectivity index (χ0) is 21.5. The molecule has 4 rings (SSSR count). The molecule has 1 fully saturated rings. The van der Waals surface area contributed by atoms with Gasteiger partial charge < -0.3 is 14.1 Å². The topological polar surface area (TPSA) is 62.3 Å². The number of piperidine rings is 1. The van der Waals surface area contributed by atoms with Crippen LogP contribution in [0.5, 0.6) is 5.75 Å². The minimum absolute atomic E-state index is 0.354. The molecule has 158 valence electrons.